The van der Waals surface area contributed by atoms with Crippen molar-refractivity contribution in [2.75, 3.05) is 59.2 Å². The summed E-state index contributed by atoms with van der Waals surface area (Å²) >= 11 is 0. The Labute approximate surface area is 238 Å². The van der Waals surface area contributed by atoms with Crippen molar-refractivity contribution in [3.63, 3.8) is 0 Å². The predicted molar refractivity (Wildman–Crippen MR) is 149 cm³/mol. The number of rotatable bonds is 14. The molecule has 0 aromatic rings. The van der Waals surface area contributed by atoms with E-state index >= 15 is 0 Å². The second-order valence-electron chi connectivity index (χ2n) is 11.8. The summed E-state index contributed by atoms with van der Waals surface area (Å²) < 4.78 is 17.9. The summed E-state index contributed by atoms with van der Waals surface area (Å²) in [5, 5.41) is 10.4. The fraction of sp³-hybridized carbons (Fsp3) is 0.767. The SMILES string of the molecule is C=CCCOC(=O)[C@@H]1[C@H]2C(=O)N([C@@H](CO)C(C)C)C(C(=O)N(CC=C)CCN3CCOCC3)C23CC[C@@]1(CC)O3. The van der Waals surface area contributed by atoms with Crippen LogP contribution in [0.2, 0.25) is 0 Å². The van der Waals surface area contributed by atoms with Crippen LogP contribution < -0.4 is 0 Å². The number of carbonyl (C=O) groups excluding carboxylic acids is 3. The molecule has 4 rings (SSSR count). The van der Waals surface area contributed by atoms with E-state index in [0.29, 0.717) is 58.5 Å². The molecule has 0 aromatic heterocycles. The van der Waals surface area contributed by atoms with Crippen molar-refractivity contribution in [3.8, 4) is 0 Å². The van der Waals surface area contributed by atoms with Crippen LogP contribution in [-0.2, 0) is 28.6 Å². The molecule has 2 bridgehead atoms. The van der Waals surface area contributed by atoms with E-state index in [2.05, 4.69) is 18.1 Å². The Morgan fingerprint density at radius 2 is 1.95 bits per heavy atom. The molecule has 4 saturated heterocycles. The van der Waals surface area contributed by atoms with Gasteiger partial charge in [0, 0.05) is 32.7 Å². The molecule has 40 heavy (non-hydrogen) atoms. The number of morpholine rings is 1. The third kappa shape index (κ3) is 5.24. The van der Waals surface area contributed by atoms with Crippen LogP contribution in [0.15, 0.2) is 25.3 Å². The van der Waals surface area contributed by atoms with Crippen LogP contribution in [0.3, 0.4) is 0 Å². The number of nitrogens with zero attached hydrogens (tertiary/aromatic N) is 3. The maximum absolute atomic E-state index is 14.6. The van der Waals surface area contributed by atoms with Crippen molar-refractivity contribution in [1.29, 1.82) is 0 Å². The van der Waals surface area contributed by atoms with E-state index < -0.39 is 41.1 Å². The van der Waals surface area contributed by atoms with E-state index in [-0.39, 0.29) is 30.9 Å². The van der Waals surface area contributed by atoms with Gasteiger partial charge in [-0.3, -0.25) is 19.3 Å². The minimum atomic E-state index is -1.16. The van der Waals surface area contributed by atoms with E-state index in [1.165, 1.54) is 0 Å². The summed E-state index contributed by atoms with van der Waals surface area (Å²) in [5.41, 5.74) is -2.02. The highest BCUT2D eigenvalue weighted by molar-refractivity contribution is 5.98. The lowest BCUT2D eigenvalue weighted by Gasteiger charge is -2.41. The number of hydrogen-bond acceptors (Lipinski definition) is 8. The van der Waals surface area contributed by atoms with Gasteiger partial charge in [-0.05, 0) is 31.6 Å². The number of aliphatic hydroxyl groups excluding tert-OH is 1. The number of hydrogen-bond donors (Lipinski definition) is 1. The molecule has 4 aliphatic rings. The first kappa shape index (κ1) is 30.7. The number of likely N-dealkylation sites (tertiary alicyclic amines) is 1. The molecule has 4 aliphatic heterocycles. The summed E-state index contributed by atoms with van der Waals surface area (Å²) in [6.07, 6.45) is 5.46. The maximum Gasteiger partial charge on any atom is 0.312 e. The van der Waals surface area contributed by atoms with Crippen LogP contribution >= 0.6 is 0 Å². The van der Waals surface area contributed by atoms with Gasteiger partial charge < -0.3 is 29.1 Å². The van der Waals surface area contributed by atoms with Gasteiger partial charge in [-0.2, -0.15) is 0 Å². The molecule has 0 radical (unpaired) electrons. The van der Waals surface area contributed by atoms with Crippen LogP contribution in [0, 0.1) is 17.8 Å². The van der Waals surface area contributed by atoms with Gasteiger partial charge in [0.15, 0.2) is 0 Å². The first-order valence-corrected chi connectivity index (χ1v) is 14.8. The third-order valence-electron chi connectivity index (χ3n) is 9.44. The molecule has 0 aromatic carbocycles. The zero-order chi connectivity index (χ0) is 29.1. The summed E-state index contributed by atoms with van der Waals surface area (Å²) in [5.74, 6) is -2.76. The van der Waals surface area contributed by atoms with Crippen LogP contribution in [0.25, 0.3) is 0 Å². The van der Waals surface area contributed by atoms with Crippen molar-refractivity contribution in [2.24, 2.45) is 17.8 Å². The van der Waals surface area contributed by atoms with Gasteiger partial charge in [0.05, 0.1) is 44.0 Å². The van der Waals surface area contributed by atoms with Crippen molar-refractivity contribution in [1.82, 2.24) is 14.7 Å². The van der Waals surface area contributed by atoms with Gasteiger partial charge in [-0.15, -0.1) is 13.2 Å². The van der Waals surface area contributed by atoms with Crippen LogP contribution in [0.5, 0.6) is 0 Å². The molecule has 1 N–H and O–H groups in total. The molecule has 224 valence electrons. The minimum Gasteiger partial charge on any atom is -0.465 e. The summed E-state index contributed by atoms with van der Waals surface area (Å²) in [7, 11) is 0. The molecule has 2 unspecified atom stereocenters. The summed E-state index contributed by atoms with van der Waals surface area (Å²) in [6.45, 7) is 17.6. The van der Waals surface area contributed by atoms with E-state index in [4.69, 9.17) is 14.2 Å². The molecule has 2 amide bonds. The highest BCUT2D eigenvalue weighted by atomic mass is 16.6. The highest BCUT2D eigenvalue weighted by Gasteiger charge is 2.79. The van der Waals surface area contributed by atoms with Gasteiger partial charge >= 0.3 is 5.97 Å². The standard InChI is InChI=1S/C30H47N3O7/c1-6-9-17-39-28(37)24-23-26(35)33(22(20-34)21(4)5)25(30(23)11-10-29(24,8-3)40-30)27(36)32(12-7-2)14-13-31-15-18-38-19-16-31/h6-7,21-25,34H,1-2,8-20H2,3-5H3/t22-,23-,24-,25?,29+,30?/m0/s1. The van der Waals surface area contributed by atoms with E-state index in [0.717, 1.165) is 13.1 Å². The normalized spacial score (nSPS) is 32.3. The fourth-order valence-electron chi connectivity index (χ4n) is 7.31. The van der Waals surface area contributed by atoms with E-state index in [1.807, 2.05) is 20.8 Å². The number of esters is 1. The van der Waals surface area contributed by atoms with Gasteiger partial charge in [-0.1, -0.05) is 32.9 Å². The van der Waals surface area contributed by atoms with Gasteiger partial charge in [-0.25, -0.2) is 0 Å². The molecule has 1 spiro atoms. The first-order chi connectivity index (χ1) is 19.2. The largest absolute Gasteiger partial charge is 0.465 e. The zero-order valence-corrected chi connectivity index (χ0v) is 24.4. The molecule has 0 saturated carbocycles. The predicted octanol–water partition coefficient (Wildman–Crippen LogP) is 1.62. The molecule has 0 aliphatic carbocycles. The number of carbonyl (C=O) groups is 3. The van der Waals surface area contributed by atoms with Gasteiger partial charge in [0.2, 0.25) is 11.8 Å². The lowest BCUT2D eigenvalue weighted by Crippen LogP contribution is -2.60. The van der Waals surface area contributed by atoms with Crippen LogP contribution in [0.1, 0.15) is 46.5 Å². The summed E-state index contributed by atoms with van der Waals surface area (Å²) in [4.78, 5) is 48.0. The Morgan fingerprint density at radius 3 is 2.55 bits per heavy atom. The topological polar surface area (TPSA) is 109 Å². The van der Waals surface area contributed by atoms with E-state index in [1.54, 1.807) is 22.0 Å². The molecule has 10 nitrogen and oxygen atoms in total. The average Bonchev–Trinajstić information content (AvgIpc) is 3.55. The fourth-order valence-corrected chi connectivity index (χ4v) is 7.31. The number of amides is 2. The lowest BCUT2D eigenvalue weighted by atomic mass is 9.65. The monoisotopic (exact) mass is 561 g/mol. The van der Waals surface area contributed by atoms with Crippen molar-refractivity contribution >= 4 is 17.8 Å². The number of fused-ring (bicyclic) bond motifs is 1. The summed E-state index contributed by atoms with van der Waals surface area (Å²) in [6, 6.07) is -1.54. The van der Waals surface area contributed by atoms with Crippen LogP contribution in [-0.4, -0.2) is 120 Å². The number of aliphatic hydroxyl groups is 1. The van der Waals surface area contributed by atoms with Crippen molar-refractivity contribution in [2.45, 2.75) is 69.7 Å². The van der Waals surface area contributed by atoms with Crippen molar-refractivity contribution in [3.05, 3.63) is 25.3 Å². The number of ether oxygens (including phenoxy) is 3. The molecule has 4 fully saturated rings. The second kappa shape index (κ2) is 12.7. The molecule has 10 heteroatoms. The second-order valence-corrected chi connectivity index (χ2v) is 11.8. The smallest absolute Gasteiger partial charge is 0.312 e. The third-order valence-corrected chi connectivity index (χ3v) is 9.44. The minimum absolute atomic E-state index is 0.115. The molecular formula is C30H47N3O7. The van der Waals surface area contributed by atoms with Gasteiger partial charge in [0.25, 0.3) is 0 Å². The maximum atomic E-state index is 14.6. The first-order valence-electron chi connectivity index (χ1n) is 14.8. The lowest BCUT2D eigenvalue weighted by molar-refractivity contribution is -0.164. The van der Waals surface area contributed by atoms with Crippen molar-refractivity contribution < 1.29 is 33.7 Å². The quantitative estimate of drug-likeness (QED) is 0.194. The highest BCUT2D eigenvalue weighted by Crippen LogP contribution is 2.65. The Hall–Kier alpha value is -2.27. The molecule has 4 heterocycles. The Balaban J connectivity index is 1.72. The molecular weight excluding hydrogens is 514 g/mol. The Morgan fingerprint density at radius 1 is 1.23 bits per heavy atom. The average molecular weight is 562 g/mol. The van der Waals surface area contributed by atoms with E-state index in [9.17, 15) is 19.5 Å². The van der Waals surface area contributed by atoms with Crippen LogP contribution in [0.4, 0.5) is 0 Å². The molecule has 6 atom stereocenters. The Bertz CT molecular complexity index is 967. The Kier molecular flexibility index (Phi) is 9.75. The van der Waals surface area contributed by atoms with Gasteiger partial charge in [0.1, 0.15) is 17.6 Å². The zero-order valence-electron chi connectivity index (χ0n) is 24.4.